The second-order valence-electron chi connectivity index (χ2n) is 6.85. The third-order valence-corrected chi connectivity index (χ3v) is 5.26. The van der Waals surface area contributed by atoms with E-state index in [9.17, 15) is 19.5 Å². The summed E-state index contributed by atoms with van der Waals surface area (Å²) >= 11 is 0. The fourth-order valence-corrected chi connectivity index (χ4v) is 4.25. The molecule has 0 saturated carbocycles. The Kier molecular flexibility index (Phi) is 5.48. The normalized spacial score (nSPS) is 30.0. The molecule has 3 aliphatic heterocycles. The predicted octanol–water partition coefficient (Wildman–Crippen LogP) is -0.102. The SMILES string of the molecule is C=CCOC(=O)C1=C2CCNC(C(=O)OCC=C)[C@@H]2[C@@H]2[C@@H]([C@@H](C)O)C(=O)N12. The molecule has 8 nitrogen and oxygen atoms in total. The van der Waals surface area contributed by atoms with Crippen molar-refractivity contribution in [1.29, 1.82) is 0 Å². The number of amides is 1. The minimum absolute atomic E-state index is 0.0237. The number of carbonyl (C=O) groups excluding carboxylic acids is 3. The number of piperidine rings is 1. The van der Waals surface area contributed by atoms with E-state index in [4.69, 9.17) is 9.47 Å². The van der Waals surface area contributed by atoms with Crippen LogP contribution in [0.4, 0.5) is 0 Å². The molecule has 5 atom stereocenters. The third kappa shape index (κ3) is 3.08. The summed E-state index contributed by atoms with van der Waals surface area (Å²) in [5, 5.41) is 13.2. The van der Waals surface area contributed by atoms with E-state index in [1.54, 1.807) is 0 Å². The third-order valence-electron chi connectivity index (χ3n) is 5.26. The molecule has 2 saturated heterocycles. The first-order valence-corrected chi connectivity index (χ1v) is 8.97. The lowest BCUT2D eigenvalue weighted by Gasteiger charge is -2.48. The largest absolute Gasteiger partial charge is 0.460 e. The summed E-state index contributed by atoms with van der Waals surface area (Å²) < 4.78 is 10.4. The van der Waals surface area contributed by atoms with Crippen molar-refractivity contribution in [2.24, 2.45) is 11.8 Å². The average Bonchev–Trinajstić information content (AvgIpc) is 2.94. The Morgan fingerprint density at radius 3 is 2.63 bits per heavy atom. The highest BCUT2D eigenvalue weighted by molar-refractivity contribution is 6.01. The number of nitrogens with zero attached hydrogens (tertiary/aromatic N) is 1. The number of hydrogen-bond acceptors (Lipinski definition) is 7. The van der Waals surface area contributed by atoms with Gasteiger partial charge in [0.1, 0.15) is 25.0 Å². The Balaban J connectivity index is 1.97. The van der Waals surface area contributed by atoms with E-state index < -0.39 is 42.0 Å². The van der Waals surface area contributed by atoms with Crippen LogP contribution in [-0.2, 0) is 23.9 Å². The maximum Gasteiger partial charge on any atom is 0.355 e. The number of ether oxygens (including phenoxy) is 2. The Morgan fingerprint density at radius 1 is 1.33 bits per heavy atom. The molecule has 3 aliphatic rings. The lowest BCUT2D eigenvalue weighted by atomic mass is 9.72. The van der Waals surface area contributed by atoms with Gasteiger partial charge in [-0.2, -0.15) is 0 Å². The average molecular weight is 376 g/mol. The lowest BCUT2D eigenvalue weighted by molar-refractivity contribution is -0.167. The Hall–Kier alpha value is -2.45. The van der Waals surface area contributed by atoms with Gasteiger partial charge in [-0.25, -0.2) is 4.79 Å². The van der Waals surface area contributed by atoms with Crippen LogP contribution in [0, 0.1) is 11.8 Å². The van der Waals surface area contributed by atoms with Gasteiger partial charge < -0.3 is 24.8 Å². The standard InChI is InChI=1S/C19H24N2O6/c1-4-8-26-18(24)14-13-11(6-7-20-14)15(19(25)27-9-5-2)21-16(13)12(10(3)22)17(21)23/h4-5,10,12-14,16,20,22H,1-2,6-9H2,3H3/t10-,12-,13-,14?,16+/m1/s1. The first kappa shape index (κ1) is 19.3. The summed E-state index contributed by atoms with van der Waals surface area (Å²) in [7, 11) is 0. The summed E-state index contributed by atoms with van der Waals surface area (Å²) in [5.41, 5.74) is 0.890. The molecule has 3 rings (SSSR count). The second kappa shape index (κ2) is 7.66. The summed E-state index contributed by atoms with van der Waals surface area (Å²) in [5.74, 6) is -2.54. The van der Waals surface area contributed by atoms with E-state index in [0.29, 0.717) is 18.5 Å². The number of aliphatic hydroxyl groups is 1. The van der Waals surface area contributed by atoms with Crippen LogP contribution in [-0.4, -0.2) is 65.8 Å². The molecule has 1 unspecified atom stereocenters. The van der Waals surface area contributed by atoms with Gasteiger partial charge in [0.2, 0.25) is 5.91 Å². The molecular weight excluding hydrogens is 352 g/mol. The van der Waals surface area contributed by atoms with Crippen LogP contribution < -0.4 is 5.32 Å². The molecule has 0 aromatic heterocycles. The molecule has 0 aromatic carbocycles. The van der Waals surface area contributed by atoms with Gasteiger partial charge in [-0.05, 0) is 25.5 Å². The molecule has 3 heterocycles. The van der Waals surface area contributed by atoms with Crippen LogP contribution in [0.2, 0.25) is 0 Å². The van der Waals surface area contributed by atoms with Crippen LogP contribution in [0.3, 0.4) is 0 Å². The lowest BCUT2D eigenvalue weighted by Crippen LogP contribution is -2.67. The van der Waals surface area contributed by atoms with E-state index in [2.05, 4.69) is 18.5 Å². The van der Waals surface area contributed by atoms with Gasteiger partial charge in [-0.15, -0.1) is 0 Å². The minimum atomic E-state index is -0.893. The van der Waals surface area contributed by atoms with Gasteiger partial charge in [0.15, 0.2) is 0 Å². The fraction of sp³-hybridized carbons (Fsp3) is 0.526. The van der Waals surface area contributed by atoms with Crippen molar-refractivity contribution in [2.45, 2.75) is 31.5 Å². The predicted molar refractivity (Wildman–Crippen MR) is 95.0 cm³/mol. The van der Waals surface area contributed by atoms with Crippen LogP contribution in [0.25, 0.3) is 0 Å². The van der Waals surface area contributed by atoms with E-state index >= 15 is 0 Å². The maximum atomic E-state index is 12.6. The molecule has 27 heavy (non-hydrogen) atoms. The first-order chi connectivity index (χ1) is 12.9. The zero-order valence-corrected chi connectivity index (χ0v) is 15.2. The number of fused-ring (bicyclic) bond motifs is 3. The van der Waals surface area contributed by atoms with Gasteiger partial charge in [-0.3, -0.25) is 9.59 Å². The maximum absolute atomic E-state index is 12.6. The molecule has 0 aromatic rings. The monoisotopic (exact) mass is 376 g/mol. The molecule has 2 fully saturated rings. The molecule has 2 N–H and O–H groups in total. The number of nitrogens with one attached hydrogen (secondary N) is 1. The van der Waals surface area contributed by atoms with Crippen molar-refractivity contribution in [3.63, 3.8) is 0 Å². The zero-order valence-electron chi connectivity index (χ0n) is 15.2. The van der Waals surface area contributed by atoms with Crippen molar-refractivity contribution >= 4 is 17.8 Å². The fourth-order valence-electron chi connectivity index (χ4n) is 4.25. The van der Waals surface area contributed by atoms with E-state index in [0.717, 1.165) is 0 Å². The minimum Gasteiger partial charge on any atom is -0.460 e. The first-order valence-electron chi connectivity index (χ1n) is 8.97. The van der Waals surface area contributed by atoms with Crippen LogP contribution in [0.15, 0.2) is 36.6 Å². The number of rotatable bonds is 7. The molecule has 8 heteroatoms. The molecule has 0 spiro atoms. The highest BCUT2D eigenvalue weighted by Crippen LogP contribution is 2.50. The van der Waals surface area contributed by atoms with Gasteiger partial charge >= 0.3 is 11.9 Å². The molecule has 146 valence electrons. The molecular formula is C19H24N2O6. The van der Waals surface area contributed by atoms with Gasteiger partial charge in [0.25, 0.3) is 0 Å². The summed E-state index contributed by atoms with van der Waals surface area (Å²) in [6, 6.07) is -1.19. The van der Waals surface area contributed by atoms with Gasteiger partial charge in [-0.1, -0.05) is 25.3 Å². The number of hydrogen-bond donors (Lipinski definition) is 2. The molecule has 1 amide bonds. The van der Waals surface area contributed by atoms with Crippen molar-refractivity contribution in [1.82, 2.24) is 10.2 Å². The molecule has 0 aliphatic carbocycles. The van der Waals surface area contributed by atoms with Crippen LogP contribution in [0.1, 0.15) is 13.3 Å². The van der Waals surface area contributed by atoms with Gasteiger partial charge in [0, 0.05) is 5.92 Å². The number of β-lactam (4-membered cyclic amide) rings is 1. The van der Waals surface area contributed by atoms with E-state index in [1.807, 2.05) is 0 Å². The smallest absolute Gasteiger partial charge is 0.355 e. The van der Waals surface area contributed by atoms with Crippen molar-refractivity contribution in [3.05, 3.63) is 36.6 Å². The highest BCUT2D eigenvalue weighted by atomic mass is 16.5. The number of esters is 2. The highest BCUT2D eigenvalue weighted by Gasteiger charge is 2.64. The van der Waals surface area contributed by atoms with Crippen LogP contribution in [0.5, 0.6) is 0 Å². The van der Waals surface area contributed by atoms with Crippen molar-refractivity contribution in [3.8, 4) is 0 Å². The van der Waals surface area contributed by atoms with Gasteiger partial charge in [0.05, 0.1) is 18.1 Å². The number of carbonyl (C=O) groups is 3. The molecule has 0 bridgehead atoms. The summed E-state index contributed by atoms with van der Waals surface area (Å²) in [6.45, 7) is 9.14. The van der Waals surface area contributed by atoms with Crippen molar-refractivity contribution in [2.75, 3.05) is 19.8 Å². The Bertz CT molecular complexity index is 713. The number of aliphatic hydroxyl groups excluding tert-OH is 1. The second-order valence-corrected chi connectivity index (χ2v) is 6.85. The van der Waals surface area contributed by atoms with E-state index in [1.165, 1.54) is 24.0 Å². The topological polar surface area (TPSA) is 105 Å². The van der Waals surface area contributed by atoms with Crippen LogP contribution >= 0.6 is 0 Å². The van der Waals surface area contributed by atoms with Crippen molar-refractivity contribution < 1.29 is 29.0 Å². The zero-order chi connectivity index (χ0) is 19.7. The van der Waals surface area contributed by atoms with E-state index in [-0.39, 0.29) is 24.8 Å². The Morgan fingerprint density at radius 2 is 2.00 bits per heavy atom. The summed E-state index contributed by atoms with van der Waals surface area (Å²) in [6.07, 6.45) is 2.53. The Labute approximate surface area is 157 Å². The molecule has 0 radical (unpaired) electrons. The summed E-state index contributed by atoms with van der Waals surface area (Å²) in [4.78, 5) is 39.1. The quantitative estimate of drug-likeness (QED) is 0.363.